The Morgan fingerprint density at radius 1 is 1.08 bits per heavy atom. The molecule has 0 bridgehead atoms. The van der Waals surface area contributed by atoms with E-state index in [0.29, 0.717) is 6.42 Å². The van der Waals surface area contributed by atoms with Crippen molar-refractivity contribution in [2.24, 2.45) is 0 Å². The van der Waals surface area contributed by atoms with Crippen LogP contribution in [0.2, 0.25) is 0 Å². The summed E-state index contributed by atoms with van der Waals surface area (Å²) in [6, 6.07) is 0. The lowest BCUT2D eigenvalue weighted by molar-refractivity contribution is -0.116. The lowest BCUT2D eigenvalue weighted by atomic mass is 10.1. The summed E-state index contributed by atoms with van der Waals surface area (Å²) in [6.45, 7) is 2.21. The van der Waals surface area contributed by atoms with Gasteiger partial charge in [-0.2, -0.15) is 0 Å². The fourth-order valence-corrected chi connectivity index (χ4v) is 1.30. The number of carbonyl (C=O) groups is 1. The van der Waals surface area contributed by atoms with Crippen LogP contribution >= 0.6 is 11.6 Å². The van der Waals surface area contributed by atoms with Crippen LogP contribution < -0.4 is 0 Å². The Balaban J connectivity index is 2.95. The zero-order valence-electron chi connectivity index (χ0n) is 7.94. The van der Waals surface area contributed by atoms with Gasteiger partial charge in [0.2, 0.25) is 0 Å². The quantitative estimate of drug-likeness (QED) is 0.423. The van der Waals surface area contributed by atoms with Gasteiger partial charge in [0.05, 0.1) is 5.88 Å². The summed E-state index contributed by atoms with van der Waals surface area (Å²) in [4.78, 5) is 10.8. The first-order valence-electron chi connectivity index (χ1n) is 4.89. The van der Waals surface area contributed by atoms with Gasteiger partial charge in [0.1, 0.15) is 5.78 Å². The molecule has 0 N–H and O–H groups in total. The molecular weight excluding hydrogens is 172 g/mol. The molecule has 0 aromatic heterocycles. The summed E-state index contributed by atoms with van der Waals surface area (Å²) in [5.74, 6) is 0.377. The molecule has 72 valence electrons. The molecule has 0 rings (SSSR count). The first-order chi connectivity index (χ1) is 5.81. The highest BCUT2D eigenvalue weighted by Crippen LogP contribution is 2.07. The molecule has 1 nitrogen and oxygen atoms in total. The maximum absolute atomic E-state index is 10.8. The molecule has 0 aliphatic heterocycles. The standard InChI is InChI=1S/C10H19ClO/c1-2-3-4-5-6-7-8-10(12)9-11/h2-9H2,1H3. The van der Waals surface area contributed by atoms with E-state index in [-0.39, 0.29) is 11.7 Å². The maximum atomic E-state index is 10.8. The molecule has 0 aliphatic rings. The van der Waals surface area contributed by atoms with Crippen LogP contribution in [0.15, 0.2) is 0 Å². The molecule has 0 aromatic rings. The maximum Gasteiger partial charge on any atom is 0.147 e. The van der Waals surface area contributed by atoms with E-state index in [2.05, 4.69) is 6.92 Å². The second-order valence-corrected chi connectivity index (χ2v) is 3.46. The highest BCUT2D eigenvalue weighted by molar-refractivity contribution is 6.27. The van der Waals surface area contributed by atoms with E-state index in [4.69, 9.17) is 11.6 Å². The first-order valence-corrected chi connectivity index (χ1v) is 5.42. The molecule has 12 heavy (non-hydrogen) atoms. The van der Waals surface area contributed by atoms with Gasteiger partial charge in [-0.15, -0.1) is 11.6 Å². The molecular formula is C10H19ClO. The molecule has 0 amide bonds. The average molecular weight is 191 g/mol. The van der Waals surface area contributed by atoms with Gasteiger partial charge < -0.3 is 0 Å². The molecule has 0 radical (unpaired) electrons. The summed E-state index contributed by atoms with van der Waals surface area (Å²) >= 11 is 5.36. The second kappa shape index (κ2) is 9.05. The van der Waals surface area contributed by atoms with Crippen LogP contribution in [0.25, 0.3) is 0 Å². The van der Waals surface area contributed by atoms with Gasteiger partial charge in [-0.1, -0.05) is 39.0 Å². The van der Waals surface area contributed by atoms with Crippen molar-refractivity contribution in [1.82, 2.24) is 0 Å². The Hall–Kier alpha value is -0.0400. The minimum Gasteiger partial charge on any atom is -0.298 e. The zero-order valence-corrected chi connectivity index (χ0v) is 8.70. The highest BCUT2D eigenvalue weighted by Gasteiger charge is 1.97. The highest BCUT2D eigenvalue weighted by atomic mass is 35.5. The Labute approximate surface area is 80.5 Å². The number of Topliss-reactive ketones (excluding diaryl/α,β-unsaturated/α-hetero) is 1. The molecule has 2 heteroatoms. The van der Waals surface area contributed by atoms with Gasteiger partial charge in [-0.05, 0) is 6.42 Å². The number of unbranched alkanes of at least 4 members (excludes halogenated alkanes) is 5. The summed E-state index contributed by atoms with van der Waals surface area (Å²) in [6.07, 6.45) is 8.06. The van der Waals surface area contributed by atoms with Crippen LogP contribution in [0.1, 0.15) is 51.9 Å². The Bertz CT molecular complexity index is 112. The van der Waals surface area contributed by atoms with E-state index in [0.717, 1.165) is 6.42 Å². The Morgan fingerprint density at radius 3 is 2.25 bits per heavy atom. The van der Waals surface area contributed by atoms with Crippen molar-refractivity contribution >= 4 is 17.4 Å². The summed E-state index contributed by atoms with van der Waals surface area (Å²) in [7, 11) is 0. The van der Waals surface area contributed by atoms with Crippen molar-refractivity contribution in [2.45, 2.75) is 51.9 Å². The largest absolute Gasteiger partial charge is 0.298 e. The smallest absolute Gasteiger partial charge is 0.147 e. The molecule has 0 spiro atoms. The van der Waals surface area contributed by atoms with Gasteiger partial charge >= 0.3 is 0 Å². The monoisotopic (exact) mass is 190 g/mol. The van der Waals surface area contributed by atoms with Crippen molar-refractivity contribution in [3.8, 4) is 0 Å². The average Bonchev–Trinajstić information content (AvgIpc) is 2.10. The van der Waals surface area contributed by atoms with Gasteiger partial charge in [0, 0.05) is 6.42 Å². The van der Waals surface area contributed by atoms with Crippen molar-refractivity contribution in [2.75, 3.05) is 5.88 Å². The van der Waals surface area contributed by atoms with Gasteiger partial charge in [-0.3, -0.25) is 4.79 Å². The molecule has 0 atom stereocenters. The van der Waals surface area contributed by atoms with Crippen LogP contribution in [-0.4, -0.2) is 11.7 Å². The van der Waals surface area contributed by atoms with Crippen LogP contribution in [0, 0.1) is 0 Å². The van der Waals surface area contributed by atoms with Crippen molar-refractivity contribution in [3.63, 3.8) is 0 Å². The number of alkyl halides is 1. The van der Waals surface area contributed by atoms with Crippen LogP contribution in [0.5, 0.6) is 0 Å². The number of hydrogen-bond donors (Lipinski definition) is 0. The van der Waals surface area contributed by atoms with E-state index in [1.165, 1.54) is 32.1 Å². The van der Waals surface area contributed by atoms with E-state index >= 15 is 0 Å². The SMILES string of the molecule is CCCCCCCCC(=O)CCl. The van der Waals surface area contributed by atoms with Crippen LogP contribution in [0.3, 0.4) is 0 Å². The van der Waals surface area contributed by atoms with E-state index < -0.39 is 0 Å². The predicted octanol–water partition coefficient (Wildman–Crippen LogP) is 3.54. The number of ketones is 1. The van der Waals surface area contributed by atoms with E-state index in [1.54, 1.807) is 0 Å². The summed E-state index contributed by atoms with van der Waals surface area (Å²) in [5, 5.41) is 0. The molecule has 0 heterocycles. The predicted molar refractivity (Wildman–Crippen MR) is 53.7 cm³/mol. The second-order valence-electron chi connectivity index (χ2n) is 3.19. The molecule has 0 saturated heterocycles. The van der Waals surface area contributed by atoms with Crippen molar-refractivity contribution in [3.05, 3.63) is 0 Å². The van der Waals surface area contributed by atoms with Gasteiger partial charge in [0.25, 0.3) is 0 Å². The fourth-order valence-electron chi connectivity index (χ4n) is 1.17. The zero-order chi connectivity index (χ0) is 9.23. The number of hydrogen-bond acceptors (Lipinski definition) is 1. The molecule has 0 aliphatic carbocycles. The fraction of sp³-hybridized carbons (Fsp3) is 0.900. The van der Waals surface area contributed by atoms with Crippen LogP contribution in [0.4, 0.5) is 0 Å². The first kappa shape index (κ1) is 12.0. The summed E-state index contributed by atoms with van der Waals surface area (Å²) in [5.41, 5.74) is 0. The van der Waals surface area contributed by atoms with Crippen LogP contribution in [-0.2, 0) is 4.79 Å². The minimum atomic E-state index is 0.187. The third kappa shape index (κ3) is 8.06. The Morgan fingerprint density at radius 2 is 1.67 bits per heavy atom. The van der Waals surface area contributed by atoms with Crippen molar-refractivity contribution < 1.29 is 4.79 Å². The summed E-state index contributed by atoms with van der Waals surface area (Å²) < 4.78 is 0. The van der Waals surface area contributed by atoms with Gasteiger partial charge in [0.15, 0.2) is 0 Å². The topological polar surface area (TPSA) is 17.1 Å². The number of rotatable bonds is 8. The minimum absolute atomic E-state index is 0.187. The lowest BCUT2D eigenvalue weighted by Gasteiger charge is -1.98. The lowest BCUT2D eigenvalue weighted by Crippen LogP contribution is -1.97. The van der Waals surface area contributed by atoms with E-state index in [1.807, 2.05) is 0 Å². The molecule has 0 saturated carbocycles. The molecule has 0 aromatic carbocycles. The third-order valence-corrected chi connectivity index (χ3v) is 2.26. The normalized spacial score (nSPS) is 10.2. The number of halogens is 1. The van der Waals surface area contributed by atoms with Gasteiger partial charge in [-0.25, -0.2) is 0 Å². The molecule has 0 unspecified atom stereocenters. The number of carbonyl (C=O) groups excluding carboxylic acids is 1. The Kier molecular flexibility index (Phi) is 9.02. The van der Waals surface area contributed by atoms with E-state index in [9.17, 15) is 4.79 Å². The van der Waals surface area contributed by atoms with Crippen molar-refractivity contribution in [1.29, 1.82) is 0 Å². The molecule has 0 fully saturated rings. The third-order valence-electron chi connectivity index (χ3n) is 1.96.